The molecule has 1 aliphatic carbocycles. The molecule has 3 aromatic carbocycles. The summed E-state index contributed by atoms with van der Waals surface area (Å²) in [5.41, 5.74) is 4.63. The van der Waals surface area contributed by atoms with E-state index in [2.05, 4.69) is 19.2 Å². The number of para-hydroxylation sites is 2. The van der Waals surface area contributed by atoms with Gasteiger partial charge in [0.2, 0.25) is 0 Å². The van der Waals surface area contributed by atoms with Gasteiger partial charge in [0, 0.05) is 23.3 Å². The quantitative estimate of drug-likeness (QED) is 0.499. The molecule has 5 rings (SSSR count). The first-order chi connectivity index (χ1) is 16.4. The summed E-state index contributed by atoms with van der Waals surface area (Å²) >= 11 is 0. The highest BCUT2D eigenvalue weighted by Crippen LogP contribution is 2.44. The SMILES string of the molecule is CC1(C)CC(=O)C2=C(C1)Nc1ccccc1N(C(=O)c1ccccc1)C2C=Cc1ccccc1. The highest BCUT2D eigenvalue weighted by Gasteiger charge is 2.41. The lowest BCUT2D eigenvalue weighted by molar-refractivity contribution is -0.118. The summed E-state index contributed by atoms with van der Waals surface area (Å²) in [5.74, 6) is -0.0518. The summed E-state index contributed by atoms with van der Waals surface area (Å²) in [7, 11) is 0. The molecule has 0 bridgehead atoms. The van der Waals surface area contributed by atoms with Gasteiger partial charge in [-0.3, -0.25) is 14.5 Å². The zero-order chi connectivity index (χ0) is 23.7. The van der Waals surface area contributed by atoms with E-state index in [1.807, 2.05) is 97.1 Å². The largest absolute Gasteiger partial charge is 0.357 e. The van der Waals surface area contributed by atoms with Gasteiger partial charge < -0.3 is 5.32 Å². The van der Waals surface area contributed by atoms with E-state index in [0.29, 0.717) is 17.6 Å². The van der Waals surface area contributed by atoms with Crippen LogP contribution in [0.2, 0.25) is 0 Å². The summed E-state index contributed by atoms with van der Waals surface area (Å²) in [6.45, 7) is 4.24. The van der Waals surface area contributed by atoms with E-state index in [0.717, 1.165) is 29.1 Å². The Morgan fingerprint density at radius 3 is 2.29 bits per heavy atom. The average Bonchev–Trinajstić information content (AvgIpc) is 2.96. The predicted molar refractivity (Wildman–Crippen MR) is 138 cm³/mol. The third-order valence-electron chi connectivity index (χ3n) is 6.45. The average molecular weight is 449 g/mol. The van der Waals surface area contributed by atoms with Crippen LogP contribution in [0.25, 0.3) is 6.08 Å². The van der Waals surface area contributed by atoms with E-state index in [1.165, 1.54) is 0 Å². The zero-order valence-corrected chi connectivity index (χ0v) is 19.5. The molecular weight excluding hydrogens is 420 g/mol. The molecule has 1 atom stereocenters. The number of anilines is 2. The summed E-state index contributed by atoms with van der Waals surface area (Å²) in [6, 6.07) is 26.5. The maximum atomic E-state index is 14.0. The highest BCUT2D eigenvalue weighted by atomic mass is 16.2. The van der Waals surface area contributed by atoms with Crippen molar-refractivity contribution in [3.63, 3.8) is 0 Å². The van der Waals surface area contributed by atoms with Gasteiger partial charge in [0.1, 0.15) is 0 Å². The van der Waals surface area contributed by atoms with Crippen LogP contribution in [0.1, 0.15) is 42.6 Å². The minimum Gasteiger partial charge on any atom is -0.357 e. The van der Waals surface area contributed by atoms with Gasteiger partial charge in [-0.15, -0.1) is 0 Å². The monoisotopic (exact) mass is 448 g/mol. The second kappa shape index (κ2) is 8.79. The molecule has 0 saturated heterocycles. The molecule has 0 aromatic heterocycles. The highest BCUT2D eigenvalue weighted by molar-refractivity contribution is 6.12. The molecule has 0 saturated carbocycles. The number of carbonyl (C=O) groups is 2. The van der Waals surface area contributed by atoms with Crippen molar-refractivity contribution in [2.75, 3.05) is 10.2 Å². The standard InChI is InChI=1S/C30H28N2O2/c1-30(2)19-24-28(27(33)20-30)26(18-17-21-11-5-3-6-12-21)32(25-16-10-9-15-23(25)31-24)29(34)22-13-7-4-8-14-22/h3-18,26,31H,19-20H2,1-2H3. The molecule has 2 aliphatic rings. The van der Waals surface area contributed by atoms with E-state index in [4.69, 9.17) is 0 Å². The number of ketones is 1. The summed E-state index contributed by atoms with van der Waals surface area (Å²) < 4.78 is 0. The number of rotatable bonds is 3. The Morgan fingerprint density at radius 1 is 0.912 bits per heavy atom. The molecule has 0 radical (unpaired) electrons. The Hall–Kier alpha value is -3.92. The molecule has 34 heavy (non-hydrogen) atoms. The van der Waals surface area contributed by atoms with E-state index in [9.17, 15) is 9.59 Å². The van der Waals surface area contributed by atoms with Gasteiger partial charge in [0.25, 0.3) is 5.91 Å². The first-order valence-electron chi connectivity index (χ1n) is 11.7. The summed E-state index contributed by atoms with van der Waals surface area (Å²) in [5, 5.41) is 3.54. The number of Topliss-reactive ketones (excluding diaryl/α,β-unsaturated/α-hetero) is 1. The second-order valence-corrected chi connectivity index (χ2v) is 9.73. The van der Waals surface area contributed by atoms with Crippen LogP contribution >= 0.6 is 0 Å². The first kappa shape index (κ1) is 21.9. The smallest absolute Gasteiger partial charge is 0.259 e. The van der Waals surface area contributed by atoms with Crippen molar-refractivity contribution in [3.8, 4) is 0 Å². The number of carbonyl (C=O) groups excluding carboxylic acids is 2. The van der Waals surface area contributed by atoms with Crippen LogP contribution in [0.3, 0.4) is 0 Å². The number of hydrogen-bond acceptors (Lipinski definition) is 3. The zero-order valence-electron chi connectivity index (χ0n) is 19.5. The van der Waals surface area contributed by atoms with Crippen molar-refractivity contribution in [3.05, 3.63) is 113 Å². The maximum Gasteiger partial charge on any atom is 0.259 e. The van der Waals surface area contributed by atoms with Crippen LogP contribution in [0.4, 0.5) is 11.4 Å². The Kier molecular flexibility index (Phi) is 5.66. The Morgan fingerprint density at radius 2 is 1.56 bits per heavy atom. The third kappa shape index (κ3) is 4.19. The Balaban J connectivity index is 1.72. The predicted octanol–water partition coefficient (Wildman–Crippen LogP) is 6.48. The van der Waals surface area contributed by atoms with E-state index in [1.54, 1.807) is 4.90 Å². The number of fused-ring (bicyclic) bond motifs is 1. The van der Waals surface area contributed by atoms with Crippen LogP contribution in [0, 0.1) is 5.41 Å². The Bertz CT molecular complexity index is 1290. The Labute approximate surface area is 200 Å². The number of amides is 1. The third-order valence-corrected chi connectivity index (χ3v) is 6.45. The van der Waals surface area contributed by atoms with Crippen LogP contribution < -0.4 is 10.2 Å². The van der Waals surface area contributed by atoms with Gasteiger partial charge in [-0.05, 0) is 41.7 Å². The van der Waals surface area contributed by atoms with Crippen molar-refractivity contribution in [1.82, 2.24) is 0 Å². The number of hydrogen-bond donors (Lipinski definition) is 1. The fraction of sp³-hybridized carbons (Fsp3) is 0.200. The lowest BCUT2D eigenvalue weighted by Crippen LogP contribution is -2.44. The minimum absolute atomic E-state index is 0.0835. The molecule has 4 nitrogen and oxygen atoms in total. The molecule has 170 valence electrons. The van der Waals surface area contributed by atoms with E-state index < -0.39 is 6.04 Å². The van der Waals surface area contributed by atoms with Crippen molar-refractivity contribution in [2.24, 2.45) is 5.41 Å². The molecule has 4 heteroatoms. The second-order valence-electron chi connectivity index (χ2n) is 9.73. The molecular formula is C30H28N2O2. The number of nitrogens with one attached hydrogen (secondary N) is 1. The summed E-state index contributed by atoms with van der Waals surface area (Å²) in [6.07, 6.45) is 5.19. The fourth-order valence-corrected chi connectivity index (χ4v) is 4.92. The van der Waals surface area contributed by atoms with Gasteiger partial charge in [-0.1, -0.05) is 86.7 Å². The van der Waals surface area contributed by atoms with Gasteiger partial charge in [0.05, 0.1) is 17.4 Å². The number of benzene rings is 3. The lowest BCUT2D eigenvalue weighted by atomic mass is 9.74. The lowest BCUT2D eigenvalue weighted by Gasteiger charge is -2.35. The van der Waals surface area contributed by atoms with Crippen LogP contribution in [0.15, 0.2) is 102 Å². The van der Waals surface area contributed by atoms with Gasteiger partial charge >= 0.3 is 0 Å². The van der Waals surface area contributed by atoms with Crippen LogP contribution in [0.5, 0.6) is 0 Å². The van der Waals surface area contributed by atoms with Gasteiger partial charge in [0.15, 0.2) is 5.78 Å². The summed E-state index contributed by atoms with van der Waals surface area (Å²) in [4.78, 5) is 29.4. The van der Waals surface area contributed by atoms with Gasteiger partial charge in [-0.2, -0.15) is 0 Å². The minimum atomic E-state index is -0.525. The van der Waals surface area contributed by atoms with Crippen molar-refractivity contribution in [2.45, 2.75) is 32.7 Å². The molecule has 1 amide bonds. The fourth-order valence-electron chi connectivity index (χ4n) is 4.92. The number of nitrogens with zero attached hydrogens (tertiary/aromatic N) is 1. The van der Waals surface area contributed by atoms with Gasteiger partial charge in [-0.25, -0.2) is 0 Å². The molecule has 1 unspecified atom stereocenters. The normalized spacial score (nSPS) is 19.3. The number of allylic oxidation sites excluding steroid dienone is 1. The van der Waals surface area contributed by atoms with E-state index >= 15 is 0 Å². The van der Waals surface area contributed by atoms with Crippen molar-refractivity contribution < 1.29 is 9.59 Å². The molecule has 1 heterocycles. The van der Waals surface area contributed by atoms with Crippen molar-refractivity contribution in [1.29, 1.82) is 0 Å². The van der Waals surface area contributed by atoms with Crippen molar-refractivity contribution >= 4 is 29.1 Å². The van der Waals surface area contributed by atoms with Crippen LogP contribution in [-0.4, -0.2) is 17.7 Å². The molecule has 3 aromatic rings. The first-order valence-corrected chi connectivity index (χ1v) is 11.7. The molecule has 0 spiro atoms. The molecule has 1 N–H and O–H groups in total. The van der Waals surface area contributed by atoms with Crippen LogP contribution in [-0.2, 0) is 4.79 Å². The topological polar surface area (TPSA) is 49.4 Å². The molecule has 0 fully saturated rings. The molecule has 1 aliphatic heterocycles. The maximum absolute atomic E-state index is 14.0. The van der Waals surface area contributed by atoms with E-state index in [-0.39, 0.29) is 17.1 Å².